The summed E-state index contributed by atoms with van der Waals surface area (Å²) in [5.41, 5.74) is 9.31. The van der Waals surface area contributed by atoms with Crippen LogP contribution in [0.1, 0.15) is 80.2 Å². The van der Waals surface area contributed by atoms with Gasteiger partial charge in [0.2, 0.25) is 5.91 Å². The van der Waals surface area contributed by atoms with Gasteiger partial charge in [-0.3, -0.25) is 9.59 Å². The maximum Gasteiger partial charge on any atom is 0.254 e. The molecule has 1 aromatic heterocycles. The zero-order valence-corrected chi connectivity index (χ0v) is 21.9. The number of thiazole rings is 1. The molecular weight excluding hydrogens is 484 g/mol. The van der Waals surface area contributed by atoms with E-state index in [1.54, 1.807) is 23.5 Å². The van der Waals surface area contributed by atoms with E-state index in [-0.39, 0.29) is 23.9 Å². The molecule has 4 N–H and O–H groups in total. The number of hydrogen-bond donors (Lipinski definition) is 3. The van der Waals surface area contributed by atoms with Crippen LogP contribution in [0, 0.1) is 6.92 Å². The van der Waals surface area contributed by atoms with Crippen molar-refractivity contribution in [3.05, 3.63) is 86.9 Å². The Kier molecular flexibility index (Phi) is 7.69. The van der Waals surface area contributed by atoms with Gasteiger partial charge < -0.3 is 21.1 Å². The van der Waals surface area contributed by atoms with Crippen LogP contribution in [0.25, 0.3) is 0 Å². The molecule has 2 aliphatic heterocycles. The number of carbonyl (C=O) groups excluding carboxylic acids is 2. The Balaban J connectivity index is 1.48. The zero-order chi connectivity index (χ0) is 25.9. The van der Waals surface area contributed by atoms with E-state index in [0.717, 1.165) is 48.5 Å². The quantitative estimate of drug-likeness (QED) is 0.418. The standard InChI is InChI=1S/C29H34N4O3S/c1-18-17-37-28(32-18)25-10-6-14-33(25)29(36)20-11-12-21(23(16-20)27(30)35)22(15-19-7-3-2-4-8-19)26(34)24-9-5-13-31-24/h2-4,7-8,11-12,16-17,22,24-26,31,34H,5-6,9-10,13-15H2,1H3,(H2,30,35)/t22-,24?,25?,26+/m0/s1. The van der Waals surface area contributed by atoms with E-state index in [1.165, 1.54) is 0 Å². The van der Waals surface area contributed by atoms with Gasteiger partial charge in [-0.1, -0.05) is 36.4 Å². The predicted octanol–water partition coefficient (Wildman–Crippen LogP) is 3.97. The Hall–Kier alpha value is -3.07. The van der Waals surface area contributed by atoms with Crippen molar-refractivity contribution in [1.82, 2.24) is 15.2 Å². The summed E-state index contributed by atoms with van der Waals surface area (Å²) >= 11 is 1.58. The van der Waals surface area contributed by atoms with E-state index >= 15 is 0 Å². The van der Waals surface area contributed by atoms with Gasteiger partial charge in [-0.15, -0.1) is 11.3 Å². The number of aliphatic hydroxyl groups excluding tert-OH is 1. The minimum absolute atomic E-state index is 0.0519. The summed E-state index contributed by atoms with van der Waals surface area (Å²) in [7, 11) is 0. The molecule has 2 aliphatic rings. The fraction of sp³-hybridized carbons (Fsp3) is 0.414. The van der Waals surface area contributed by atoms with Crippen LogP contribution in [0.2, 0.25) is 0 Å². The maximum atomic E-state index is 13.6. The molecule has 0 bridgehead atoms. The van der Waals surface area contributed by atoms with Crippen molar-refractivity contribution in [2.24, 2.45) is 5.73 Å². The molecule has 3 aromatic rings. The summed E-state index contributed by atoms with van der Waals surface area (Å²) in [6.07, 6.45) is 3.53. The summed E-state index contributed by atoms with van der Waals surface area (Å²) < 4.78 is 0. The van der Waals surface area contributed by atoms with Gasteiger partial charge in [0.1, 0.15) is 5.01 Å². The number of hydrogen-bond acceptors (Lipinski definition) is 6. The summed E-state index contributed by atoms with van der Waals surface area (Å²) in [4.78, 5) is 32.8. The third-order valence-corrected chi connectivity index (χ3v) is 8.69. The molecule has 2 saturated heterocycles. The van der Waals surface area contributed by atoms with Gasteiger partial charge in [-0.25, -0.2) is 4.98 Å². The fourth-order valence-corrected chi connectivity index (χ4v) is 6.69. The van der Waals surface area contributed by atoms with Crippen molar-refractivity contribution in [2.75, 3.05) is 13.1 Å². The van der Waals surface area contributed by atoms with Crippen molar-refractivity contribution in [1.29, 1.82) is 0 Å². The van der Waals surface area contributed by atoms with E-state index in [1.807, 2.05) is 53.6 Å². The summed E-state index contributed by atoms with van der Waals surface area (Å²) in [6, 6.07) is 15.1. The number of aromatic nitrogens is 1. The van der Waals surface area contributed by atoms with Gasteiger partial charge in [0.15, 0.2) is 0 Å². The van der Waals surface area contributed by atoms with E-state index in [4.69, 9.17) is 5.73 Å². The Labute approximate surface area is 221 Å². The fourth-order valence-electron chi connectivity index (χ4n) is 5.75. The number of primary amides is 1. The van der Waals surface area contributed by atoms with Crippen LogP contribution < -0.4 is 11.1 Å². The van der Waals surface area contributed by atoms with Crippen LogP contribution in [0.4, 0.5) is 0 Å². The topological polar surface area (TPSA) is 109 Å². The molecule has 0 aliphatic carbocycles. The first-order valence-electron chi connectivity index (χ1n) is 13.0. The first-order chi connectivity index (χ1) is 17.9. The summed E-state index contributed by atoms with van der Waals surface area (Å²) in [5, 5.41) is 17.8. The zero-order valence-electron chi connectivity index (χ0n) is 21.1. The highest BCUT2D eigenvalue weighted by Gasteiger charge is 2.35. The SMILES string of the molecule is Cc1csc(C2CCCN2C(=O)c2ccc([C@H](Cc3ccccc3)[C@@H](O)C3CCCN3)c(C(N)=O)c2)n1. The van der Waals surface area contributed by atoms with Gasteiger partial charge >= 0.3 is 0 Å². The van der Waals surface area contributed by atoms with Crippen molar-refractivity contribution in [2.45, 2.75) is 63.1 Å². The second-order valence-electron chi connectivity index (χ2n) is 10.1. The summed E-state index contributed by atoms with van der Waals surface area (Å²) in [5.74, 6) is -1.06. The lowest BCUT2D eigenvalue weighted by molar-refractivity contribution is 0.0735. The molecule has 8 heteroatoms. The number of aryl methyl sites for hydroxylation is 1. The highest BCUT2D eigenvalue weighted by atomic mass is 32.1. The molecule has 37 heavy (non-hydrogen) atoms. The Morgan fingerprint density at radius 1 is 1.19 bits per heavy atom. The highest BCUT2D eigenvalue weighted by molar-refractivity contribution is 7.09. The van der Waals surface area contributed by atoms with Crippen LogP contribution in [-0.2, 0) is 6.42 Å². The predicted molar refractivity (Wildman–Crippen MR) is 145 cm³/mol. The number of rotatable bonds is 8. The largest absolute Gasteiger partial charge is 0.391 e. The minimum atomic E-state index is -0.696. The second-order valence-corrected chi connectivity index (χ2v) is 11.0. The number of likely N-dealkylation sites (tertiary alicyclic amines) is 1. The number of carbonyl (C=O) groups is 2. The molecule has 0 spiro atoms. The second kappa shape index (κ2) is 11.1. The molecule has 194 valence electrons. The normalized spacial score (nSPS) is 21.2. The van der Waals surface area contributed by atoms with Crippen LogP contribution in [0.3, 0.4) is 0 Å². The molecule has 0 radical (unpaired) electrons. The van der Waals surface area contributed by atoms with Crippen LogP contribution in [0.15, 0.2) is 53.9 Å². The molecule has 3 heterocycles. The van der Waals surface area contributed by atoms with Gasteiger partial charge in [-0.05, 0) is 68.8 Å². The number of nitrogens with one attached hydrogen (secondary N) is 1. The van der Waals surface area contributed by atoms with Crippen LogP contribution >= 0.6 is 11.3 Å². The molecular formula is C29H34N4O3S. The Bertz CT molecular complexity index is 1260. The number of nitrogens with two attached hydrogens (primary N) is 1. The highest BCUT2D eigenvalue weighted by Crippen LogP contribution is 2.36. The van der Waals surface area contributed by atoms with Crippen LogP contribution in [-0.4, -0.2) is 52.0 Å². The Morgan fingerprint density at radius 2 is 2.00 bits per heavy atom. The molecule has 2 aromatic carbocycles. The number of benzene rings is 2. The third-order valence-electron chi connectivity index (χ3n) is 7.62. The van der Waals surface area contributed by atoms with E-state index < -0.39 is 12.0 Å². The maximum absolute atomic E-state index is 13.6. The minimum Gasteiger partial charge on any atom is -0.391 e. The molecule has 5 rings (SSSR count). The van der Waals surface area contributed by atoms with Crippen molar-refractivity contribution >= 4 is 23.2 Å². The average molecular weight is 519 g/mol. The molecule has 7 nitrogen and oxygen atoms in total. The lowest BCUT2D eigenvalue weighted by Gasteiger charge is -2.30. The van der Waals surface area contributed by atoms with Crippen molar-refractivity contribution in [3.63, 3.8) is 0 Å². The Morgan fingerprint density at radius 3 is 2.68 bits per heavy atom. The van der Waals surface area contributed by atoms with E-state index in [2.05, 4.69) is 10.3 Å². The third kappa shape index (κ3) is 5.46. The van der Waals surface area contributed by atoms with Gasteiger partial charge in [0, 0.05) is 40.7 Å². The number of amides is 2. The van der Waals surface area contributed by atoms with Gasteiger partial charge in [-0.2, -0.15) is 0 Å². The number of nitrogens with zero attached hydrogens (tertiary/aromatic N) is 2. The smallest absolute Gasteiger partial charge is 0.254 e. The molecule has 0 saturated carbocycles. The van der Waals surface area contributed by atoms with Crippen LogP contribution in [0.5, 0.6) is 0 Å². The van der Waals surface area contributed by atoms with E-state index in [9.17, 15) is 14.7 Å². The lowest BCUT2D eigenvalue weighted by Crippen LogP contribution is -2.40. The van der Waals surface area contributed by atoms with Crippen molar-refractivity contribution in [3.8, 4) is 0 Å². The first kappa shape index (κ1) is 25.6. The average Bonchev–Trinajstić information content (AvgIpc) is 3.69. The monoisotopic (exact) mass is 518 g/mol. The van der Waals surface area contributed by atoms with Gasteiger partial charge in [0.05, 0.1) is 12.1 Å². The molecule has 2 unspecified atom stereocenters. The summed E-state index contributed by atoms with van der Waals surface area (Å²) in [6.45, 7) is 3.48. The van der Waals surface area contributed by atoms with Gasteiger partial charge in [0.25, 0.3) is 5.91 Å². The van der Waals surface area contributed by atoms with E-state index in [0.29, 0.717) is 29.7 Å². The first-order valence-corrected chi connectivity index (χ1v) is 13.9. The molecule has 4 atom stereocenters. The molecule has 2 fully saturated rings. The number of aliphatic hydroxyl groups is 1. The van der Waals surface area contributed by atoms with Crippen molar-refractivity contribution < 1.29 is 14.7 Å². The molecule has 2 amide bonds. The lowest BCUT2D eigenvalue weighted by atomic mass is 9.81.